The van der Waals surface area contributed by atoms with Crippen molar-refractivity contribution >= 4 is 22.7 Å². The summed E-state index contributed by atoms with van der Waals surface area (Å²) < 4.78 is 0. The van der Waals surface area contributed by atoms with Gasteiger partial charge in [0.15, 0.2) is 0 Å². The van der Waals surface area contributed by atoms with Crippen molar-refractivity contribution in [2.24, 2.45) is 0 Å². The maximum absolute atomic E-state index is 9.22. The zero-order valence-electron chi connectivity index (χ0n) is 9.76. The largest absolute Gasteiger partial charge is 0.376 e. The lowest BCUT2D eigenvalue weighted by molar-refractivity contribution is 0.685. The van der Waals surface area contributed by atoms with Gasteiger partial charge in [-0.2, -0.15) is 5.26 Å². The summed E-state index contributed by atoms with van der Waals surface area (Å²) in [5, 5.41) is 18.1. The number of benzene rings is 1. The molecule has 4 heteroatoms. The third-order valence-electron chi connectivity index (χ3n) is 3.10. The van der Waals surface area contributed by atoms with E-state index >= 15 is 0 Å². The van der Waals surface area contributed by atoms with Crippen molar-refractivity contribution in [3.63, 3.8) is 0 Å². The topological polar surface area (TPSA) is 47.9 Å². The van der Waals surface area contributed by atoms with Gasteiger partial charge in [0.25, 0.3) is 0 Å². The van der Waals surface area contributed by atoms with E-state index in [-0.39, 0.29) is 12.1 Å². The van der Waals surface area contributed by atoms with Crippen LogP contribution in [0, 0.1) is 11.3 Å². The Balaban J connectivity index is 1.97. The highest BCUT2D eigenvalue weighted by atomic mass is 32.1. The van der Waals surface area contributed by atoms with Gasteiger partial charge >= 0.3 is 0 Å². The second-order valence-corrected chi connectivity index (χ2v) is 5.30. The Morgan fingerprint density at radius 1 is 1.11 bits per heavy atom. The van der Waals surface area contributed by atoms with Crippen LogP contribution in [0.1, 0.15) is 17.3 Å². The first-order valence-corrected chi connectivity index (χ1v) is 6.80. The minimum absolute atomic E-state index is 0.159. The standard InChI is InChI=1S/C14H13N3S/c15-9-10-8-13(14-6-3-7-18-14)17-12-5-2-1-4-11(12)16-10/h1-7,10,13,16-17H,8H2/t10-,13-/m0/s1. The number of thiophene rings is 1. The van der Waals surface area contributed by atoms with Gasteiger partial charge in [-0.25, -0.2) is 0 Å². The normalized spacial score (nSPS) is 21.9. The number of nitrogens with one attached hydrogen (secondary N) is 2. The summed E-state index contributed by atoms with van der Waals surface area (Å²) in [5.41, 5.74) is 2.07. The summed E-state index contributed by atoms with van der Waals surface area (Å²) in [6.07, 6.45) is 0.770. The maximum atomic E-state index is 9.22. The van der Waals surface area contributed by atoms with Gasteiger partial charge < -0.3 is 10.6 Å². The molecule has 3 nitrogen and oxygen atoms in total. The maximum Gasteiger partial charge on any atom is 0.116 e. The molecule has 1 aliphatic heterocycles. The summed E-state index contributed by atoms with van der Waals surface area (Å²) in [7, 11) is 0. The zero-order valence-corrected chi connectivity index (χ0v) is 10.6. The molecule has 1 aliphatic rings. The minimum atomic E-state index is -0.159. The highest BCUT2D eigenvalue weighted by molar-refractivity contribution is 7.10. The fourth-order valence-corrected chi connectivity index (χ4v) is 3.02. The van der Waals surface area contributed by atoms with Crippen molar-refractivity contribution < 1.29 is 0 Å². The van der Waals surface area contributed by atoms with Crippen molar-refractivity contribution in [3.8, 4) is 6.07 Å². The lowest BCUT2D eigenvalue weighted by atomic mass is 10.1. The van der Waals surface area contributed by atoms with Gasteiger partial charge in [0, 0.05) is 11.3 Å². The number of nitriles is 1. The fourth-order valence-electron chi connectivity index (χ4n) is 2.23. The molecular weight excluding hydrogens is 242 g/mol. The molecule has 90 valence electrons. The molecule has 0 bridgehead atoms. The molecule has 18 heavy (non-hydrogen) atoms. The molecule has 2 N–H and O–H groups in total. The van der Waals surface area contributed by atoms with Crippen LogP contribution in [0.25, 0.3) is 0 Å². The number of rotatable bonds is 1. The summed E-state index contributed by atoms with van der Waals surface area (Å²) in [5.74, 6) is 0. The second kappa shape index (κ2) is 4.71. The molecule has 0 saturated carbocycles. The quantitative estimate of drug-likeness (QED) is 0.818. The van der Waals surface area contributed by atoms with Gasteiger partial charge in [-0.15, -0.1) is 11.3 Å². The van der Waals surface area contributed by atoms with E-state index in [2.05, 4.69) is 28.1 Å². The van der Waals surface area contributed by atoms with Crippen LogP contribution in [0.4, 0.5) is 11.4 Å². The monoisotopic (exact) mass is 255 g/mol. The van der Waals surface area contributed by atoms with Crippen molar-refractivity contribution in [1.29, 1.82) is 5.26 Å². The van der Waals surface area contributed by atoms with Gasteiger partial charge in [0.05, 0.1) is 23.5 Å². The van der Waals surface area contributed by atoms with Crippen LogP contribution in [-0.4, -0.2) is 6.04 Å². The molecule has 0 saturated heterocycles. The van der Waals surface area contributed by atoms with E-state index in [0.717, 1.165) is 17.8 Å². The van der Waals surface area contributed by atoms with Crippen LogP contribution in [0.15, 0.2) is 41.8 Å². The first-order valence-electron chi connectivity index (χ1n) is 5.92. The number of para-hydroxylation sites is 2. The lowest BCUT2D eigenvalue weighted by Crippen LogP contribution is -2.19. The molecule has 0 spiro atoms. The number of fused-ring (bicyclic) bond motifs is 1. The van der Waals surface area contributed by atoms with Gasteiger partial charge in [-0.1, -0.05) is 18.2 Å². The third kappa shape index (κ3) is 2.05. The highest BCUT2D eigenvalue weighted by Crippen LogP contribution is 2.34. The van der Waals surface area contributed by atoms with E-state index in [1.54, 1.807) is 11.3 Å². The molecule has 1 aromatic carbocycles. The zero-order chi connectivity index (χ0) is 12.4. The van der Waals surface area contributed by atoms with E-state index in [0.29, 0.717) is 0 Å². The van der Waals surface area contributed by atoms with E-state index in [1.165, 1.54) is 4.88 Å². The average molecular weight is 255 g/mol. The van der Waals surface area contributed by atoms with Gasteiger partial charge in [-0.3, -0.25) is 0 Å². The number of nitrogens with zero attached hydrogens (tertiary/aromatic N) is 1. The molecule has 2 atom stereocenters. The molecule has 0 amide bonds. The fraction of sp³-hybridized carbons (Fsp3) is 0.214. The van der Waals surface area contributed by atoms with Crippen LogP contribution < -0.4 is 10.6 Å². The van der Waals surface area contributed by atoms with E-state index < -0.39 is 0 Å². The van der Waals surface area contributed by atoms with Crippen LogP contribution in [-0.2, 0) is 0 Å². The summed E-state index contributed by atoms with van der Waals surface area (Å²) in [4.78, 5) is 1.27. The van der Waals surface area contributed by atoms with Crippen LogP contribution in [0.3, 0.4) is 0 Å². The van der Waals surface area contributed by atoms with Gasteiger partial charge in [-0.05, 0) is 23.6 Å². The van der Waals surface area contributed by atoms with Gasteiger partial charge in [0.1, 0.15) is 6.04 Å². The van der Waals surface area contributed by atoms with Crippen molar-refractivity contribution in [1.82, 2.24) is 0 Å². The Kier molecular flexibility index (Phi) is 2.91. The lowest BCUT2D eigenvalue weighted by Gasteiger charge is -2.16. The van der Waals surface area contributed by atoms with Crippen LogP contribution in [0.2, 0.25) is 0 Å². The predicted molar refractivity (Wildman–Crippen MR) is 74.8 cm³/mol. The van der Waals surface area contributed by atoms with Crippen LogP contribution in [0.5, 0.6) is 0 Å². The number of anilines is 2. The summed E-state index contributed by atoms with van der Waals surface area (Å²) >= 11 is 1.73. The van der Waals surface area contributed by atoms with Gasteiger partial charge in [0.2, 0.25) is 0 Å². The smallest absolute Gasteiger partial charge is 0.116 e. The third-order valence-corrected chi connectivity index (χ3v) is 4.09. The SMILES string of the molecule is N#C[C@@H]1C[C@@H](c2cccs2)Nc2ccccc2N1. The molecule has 0 aliphatic carbocycles. The molecular formula is C14H13N3S. The molecule has 0 unspecified atom stereocenters. The Morgan fingerprint density at radius 3 is 2.56 bits per heavy atom. The average Bonchev–Trinajstić information content (AvgIpc) is 2.86. The minimum Gasteiger partial charge on any atom is -0.376 e. The molecule has 2 heterocycles. The summed E-state index contributed by atoms with van der Waals surface area (Å²) in [6.45, 7) is 0. The Morgan fingerprint density at radius 2 is 1.89 bits per heavy atom. The first kappa shape index (κ1) is 11.1. The number of hydrogen-bond acceptors (Lipinski definition) is 4. The summed E-state index contributed by atoms with van der Waals surface area (Å²) in [6, 6.07) is 14.6. The van der Waals surface area contributed by atoms with Crippen molar-refractivity contribution in [2.45, 2.75) is 18.5 Å². The second-order valence-electron chi connectivity index (χ2n) is 4.32. The molecule has 3 rings (SSSR count). The number of hydrogen-bond donors (Lipinski definition) is 2. The van der Waals surface area contributed by atoms with E-state index in [9.17, 15) is 5.26 Å². The molecule has 0 radical (unpaired) electrons. The van der Waals surface area contributed by atoms with Crippen molar-refractivity contribution in [2.75, 3.05) is 10.6 Å². The van der Waals surface area contributed by atoms with Crippen molar-refractivity contribution in [3.05, 3.63) is 46.7 Å². The Labute approximate surface area is 110 Å². The first-order chi connectivity index (χ1) is 8.86. The molecule has 1 aromatic heterocycles. The molecule has 2 aromatic rings. The van der Waals surface area contributed by atoms with E-state index in [1.807, 2.05) is 30.3 Å². The predicted octanol–water partition coefficient (Wildman–Crippen LogP) is 3.61. The Bertz CT molecular complexity index is 571. The molecule has 0 fully saturated rings. The highest BCUT2D eigenvalue weighted by Gasteiger charge is 2.23. The Hall–Kier alpha value is -1.99. The van der Waals surface area contributed by atoms with E-state index in [4.69, 9.17) is 0 Å². The van der Waals surface area contributed by atoms with Crippen LogP contribution >= 0.6 is 11.3 Å².